The van der Waals surface area contributed by atoms with Gasteiger partial charge in [-0.05, 0) is 48.4 Å². The van der Waals surface area contributed by atoms with Crippen LogP contribution in [0.5, 0.6) is 5.75 Å². The van der Waals surface area contributed by atoms with Crippen molar-refractivity contribution >= 4 is 5.82 Å². The molecule has 1 heterocycles. The van der Waals surface area contributed by atoms with E-state index in [1.54, 1.807) is 18.2 Å². The fourth-order valence-corrected chi connectivity index (χ4v) is 1.88. The fraction of sp³-hybridized carbons (Fsp3) is 0.105. The van der Waals surface area contributed by atoms with Gasteiger partial charge in [0, 0.05) is 12.7 Å². The molecule has 0 aliphatic rings. The van der Waals surface area contributed by atoms with Crippen LogP contribution in [0.4, 0.5) is 5.82 Å². The van der Waals surface area contributed by atoms with Crippen LogP contribution in [0.15, 0.2) is 79.7 Å². The van der Waals surface area contributed by atoms with E-state index in [-0.39, 0.29) is 0 Å². The molecule has 1 N–H and O–H groups in total. The Hall–Kier alpha value is -2.81. The van der Waals surface area contributed by atoms with Crippen molar-refractivity contribution < 1.29 is 4.74 Å². The van der Waals surface area contributed by atoms with E-state index in [0.717, 1.165) is 22.7 Å². The van der Waals surface area contributed by atoms with Crippen LogP contribution in [0.2, 0.25) is 0 Å². The lowest BCUT2D eigenvalue weighted by atomic mass is 10.2. The van der Waals surface area contributed by atoms with Crippen LogP contribution in [0, 0.1) is 6.92 Å². The second-order valence-corrected chi connectivity index (χ2v) is 4.83. The zero-order chi connectivity index (χ0) is 15.8. The third kappa shape index (κ3) is 4.63. The molecule has 0 unspecified atom stereocenters. The third-order valence-corrected chi connectivity index (χ3v) is 3.00. The minimum absolute atomic E-state index is 0.667. The second kappa shape index (κ2) is 7.84. The summed E-state index contributed by atoms with van der Waals surface area (Å²) in [5.74, 6) is 2.29. The van der Waals surface area contributed by atoms with Gasteiger partial charge in [0.2, 0.25) is 0 Å². The summed E-state index contributed by atoms with van der Waals surface area (Å²) in [6, 6.07) is 11.9. The average molecular weight is 292 g/mol. The number of nitrogens with one attached hydrogen (secondary N) is 1. The normalized spacial score (nSPS) is 10.9. The van der Waals surface area contributed by atoms with Gasteiger partial charge in [0.05, 0.1) is 0 Å². The van der Waals surface area contributed by atoms with E-state index in [4.69, 9.17) is 4.74 Å². The number of rotatable bonds is 7. The summed E-state index contributed by atoms with van der Waals surface area (Å²) in [4.78, 5) is 4.33. The fourth-order valence-electron chi connectivity index (χ4n) is 1.88. The van der Waals surface area contributed by atoms with Crippen molar-refractivity contribution in [3.05, 3.63) is 90.9 Å². The van der Waals surface area contributed by atoms with Gasteiger partial charge in [0.1, 0.15) is 17.3 Å². The van der Waals surface area contributed by atoms with E-state index >= 15 is 0 Å². The number of hydrogen-bond acceptors (Lipinski definition) is 3. The monoisotopic (exact) mass is 292 g/mol. The summed E-state index contributed by atoms with van der Waals surface area (Å²) in [5.41, 5.74) is 2.26. The minimum atomic E-state index is 0.667. The van der Waals surface area contributed by atoms with Gasteiger partial charge in [-0.25, -0.2) is 4.98 Å². The molecule has 0 aliphatic heterocycles. The topological polar surface area (TPSA) is 34.1 Å². The number of pyridine rings is 1. The Balaban J connectivity index is 2.02. The van der Waals surface area contributed by atoms with Crippen LogP contribution in [0.1, 0.15) is 11.1 Å². The highest BCUT2D eigenvalue weighted by Crippen LogP contribution is 2.17. The van der Waals surface area contributed by atoms with E-state index < -0.39 is 0 Å². The highest BCUT2D eigenvalue weighted by atomic mass is 16.5. The first-order valence-corrected chi connectivity index (χ1v) is 7.10. The predicted molar refractivity (Wildman–Crippen MR) is 91.8 cm³/mol. The average Bonchev–Trinajstić information content (AvgIpc) is 2.54. The zero-order valence-electron chi connectivity index (χ0n) is 12.8. The predicted octanol–water partition coefficient (Wildman–Crippen LogP) is 4.64. The maximum atomic E-state index is 5.74. The number of benzene rings is 1. The van der Waals surface area contributed by atoms with Crippen LogP contribution in [0.3, 0.4) is 0 Å². The zero-order valence-corrected chi connectivity index (χ0v) is 12.8. The van der Waals surface area contributed by atoms with Gasteiger partial charge >= 0.3 is 0 Å². The standard InChI is InChI=1S/C19H20N2O/c1-4-7-17(5-2)22-18-9-6-8-16(12-18)14-21-19-11-10-15(3)13-20-19/h4-13H,1-2,14H2,3H3,(H,20,21)/b17-7+. The number of ether oxygens (including phenoxy) is 1. The molecule has 0 spiro atoms. The van der Waals surface area contributed by atoms with Crippen molar-refractivity contribution in [2.24, 2.45) is 0 Å². The Morgan fingerprint density at radius 3 is 2.82 bits per heavy atom. The molecule has 3 heteroatoms. The Kier molecular flexibility index (Phi) is 5.55. The Labute approximate surface area is 131 Å². The largest absolute Gasteiger partial charge is 0.457 e. The molecule has 1 aromatic heterocycles. The maximum absolute atomic E-state index is 5.74. The molecule has 0 aliphatic carbocycles. The number of aromatic nitrogens is 1. The van der Waals surface area contributed by atoms with Crippen molar-refractivity contribution in [2.75, 3.05) is 5.32 Å². The van der Waals surface area contributed by atoms with Crippen LogP contribution in [-0.2, 0) is 6.54 Å². The van der Waals surface area contributed by atoms with Gasteiger partial charge < -0.3 is 10.1 Å². The first-order valence-electron chi connectivity index (χ1n) is 7.10. The number of aryl methyl sites for hydroxylation is 1. The molecule has 22 heavy (non-hydrogen) atoms. The first kappa shape index (κ1) is 15.6. The molecule has 0 saturated carbocycles. The van der Waals surface area contributed by atoms with Crippen molar-refractivity contribution in [3.8, 4) is 5.75 Å². The quantitative estimate of drug-likeness (QED) is 0.596. The molecule has 0 saturated heterocycles. The number of allylic oxidation sites excluding steroid dienone is 3. The Morgan fingerprint density at radius 2 is 2.14 bits per heavy atom. The number of hydrogen-bond donors (Lipinski definition) is 1. The molecule has 0 bridgehead atoms. The molecule has 0 radical (unpaired) electrons. The van der Waals surface area contributed by atoms with Crippen LogP contribution < -0.4 is 10.1 Å². The molecule has 2 aromatic rings. The maximum Gasteiger partial charge on any atom is 0.127 e. The van der Waals surface area contributed by atoms with E-state index in [1.807, 2.05) is 49.5 Å². The first-order chi connectivity index (χ1) is 10.7. The smallest absolute Gasteiger partial charge is 0.127 e. The molecule has 3 nitrogen and oxygen atoms in total. The van der Waals surface area contributed by atoms with Crippen LogP contribution in [0.25, 0.3) is 0 Å². The van der Waals surface area contributed by atoms with Gasteiger partial charge in [-0.3, -0.25) is 0 Å². The molecular formula is C19H20N2O. The van der Waals surface area contributed by atoms with Gasteiger partial charge in [0.15, 0.2) is 0 Å². The van der Waals surface area contributed by atoms with Crippen molar-refractivity contribution in [2.45, 2.75) is 13.5 Å². The minimum Gasteiger partial charge on any atom is -0.457 e. The molecule has 2 rings (SSSR count). The lowest BCUT2D eigenvalue weighted by Gasteiger charge is -2.09. The summed E-state index contributed by atoms with van der Waals surface area (Å²) in [6.45, 7) is 10.1. The van der Waals surface area contributed by atoms with Crippen molar-refractivity contribution in [1.29, 1.82) is 0 Å². The van der Waals surface area contributed by atoms with Crippen LogP contribution in [-0.4, -0.2) is 4.98 Å². The Bertz CT molecular complexity index is 672. The van der Waals surface area contributed by atoms with Crippen LogP contribution >= 0.6 is 0 Å². The summed E-state index contributed by atoms with van der Waals surface area (Å²) < 4.78 is 5.74. The third-order valence-electron chi connectivity index (χ3n) is 3.00. The van der Waals surface area contributed by atoms with Gasteiger partial charge in [-0.15, -0.1) is 0 Å². The van der Waals surface area contributed by atoms with E-state index in [0.29, 0.717) is 12.3 Å². The highest BCUT2D eigenvalue weighted by Gasteiger charge is 2.00. The molecule has 0 atom stereocenters. The summed E-state index contributed by atoms with van der Waals surface area (Å²) in [6.07, 6.45) is 6.95. The molecule has 0 fully saturated rings. The summed E-state index contributed by atoms with van der Waals surface area (Å²) >= 11 is 0. The molecular weight excluding hydrogens is 272 g/mol. The number of anilines is 1. The van der Waals surface area contributed by atoms with Gasteiger partial charge in [-0.1, -0.05) is 37.4 Å². The SMILES string of the molecule is C=C/C=C(\C=C)Oc1cccc(CNc2ccc(C)cn2)c1. The second-order valence-electron chi connectivity index (χ2n) is 4.83. The van der Waals surface area contributed by atoms with Gasteiger partial charge in [0.25, 0.3) is 0 Å². The van der Waals surface area contributed by atoms with Crippen molar-refractivity contribution in [3.63, 3.8) is 0 Å². The summed E-state index contributed by atoms with van der Waals surface area (Å²) in [5, 5.41) is 3.29. The molecule has 0 amide bonds. The van der Waals surface area contributed by atoms with E-state index in [1.165, 1.54) is 0 Å². The molecule has 112 valence electrons. The number of nitrogens with zero attached hydrogens (tertiary/aromatic N) is 1. The molecule has 1 aromatic carbocycles. The lowest BCUT2D eigenvalue weighted by molar-refractivity contribution is 0.444. The van der Waals surface area contributed by atoms with E-state index in [9.17, 15) is 0 Å². The van der Waals surface area contributed by atoms with Gasteiger partial charge in [-0.2, -0.15) is 0 Å². The van der Waals surface area contributed by atoms with E-state index in [2.05, 4.69) is 23.5 Å². The highest BCUT2D eigenvalue weighted by molar-refractivity contribution is 5.38. The lowest BCUT2D eigenvalue weighted by Crippen LogP contribution is -2.01. The Morgan fingerprint density at radius 1 is 1.27 bits per heavy atom. The summed E-state index contributed by atoms with van der Waals surface area (Å²) in [7, 11) is 0. The van der Waals surface area contributed by atoms with Crippen molar-refractivity contribution in [1.82, 2.24) is 4.98 Å².